The molecule has 3 aromatic carbocycles. The third-order valence-electron chi connectivity index (χ3n) is 6.42. The van der Waals surface area contributed by atoms with Gasteiger partial charge < -0.3 is 40.3 Å². The van der Waals surface area contributed by atoms with E-state index < -0.39 is 0 Å². The van der Waals surface area contributed by atoms with E-state index in [0.717, 1.165) is 24.9 Å². The third kappa shape index (κ3) is 6.90. The van der Waals surface area contributed by atoms with Gasteiger partial charge in [0, 0.05) is 30.5 Å². The molecular formula is C30H32N4O6. The number of morpholine rings is 1. The zero-order chi connectivity index (χ0) is 27.7. The molecule has 1 fully saturated rings. The van der Waals surface area contributed by atoms with E-state index >= 15 is 0 Å². The summed E-state index contributed by atoms with van der Waals surface area (Å²) in [5, 5.41) is 9.68. The number of anilines is 2. The topological polar surface area (TPSA) is 137 Å². The monoisotopic (exact) mass is 544 g/mol. The molecule has 0 spiro atoms. The van der Waals surface area contributed by atoms with Gasteiger partial charge in [0.15, 0.2) is 17.1 Å². The van der Waals surface area contributed by atoms with Crippen LogP contribution in [0.4, 0.5) is 11.4 Å². The van der Waals surface area contributed by atoms with E-state index in [0.29, 0.717) is 47.2 Å². The summed E-state index contributed by atoms with van der Waals surface area (Å²) in [5.74, 6) is 0.740. The largest absolute Gasteiger partial charge is 0.492 e. The molecule has 1 atom stereocenters. The minimum absolute atomic E-state index is 0.130. The predicted molar refractivity (Wildman–Crippen MR) is 152 cm³/mol. The Morgan fingerprint density at radius 2 is 1.82 bits per heavy atom. The van der Waals surface area contributed by atoms with Crippen molar-refractivity contribution in [3.8, 4) is 11.5 Å². The van der Waals surface area contributed by atoms with Gasteiger partial charge in [0.2, 0.25) is 0 Å². The molecule has 0 radical (unpaired) electrons. The average molecular weight is 545 g/mol. The second-order valence-electron chi connectivity index (χ2n) is 9.29. The van der Waals surface area contributed by atoms with Crippen molar-refractivity contribution in [3.05, 3.63) is 84.1 Å². The van der Waals surface area contributed by atoms with Crippen LogP contribution in [0, 0.1) is 0 Å². The van der Waals surface area contributed by atoms with Gasteiger partial charge in [-0.05, 0) is 48.5 Å². The number of amides is 2. The number of furan rings is 1. The number of nitrogen functional groups attached to an aromatic ring is 1. The first-order chi connectivity index (χ1) is 19.6. The fourth-order valence-electron chi connectivity index (χ4n) is 4.30. The van der Waals surface area contributed by atoms with Crippen LogP contribution in [0.25, 0.3) is 11.0 Å². The Morgan fingerprint density at radius 3 is 2.62 bits per heavy atom. The van der Waals surface area contributed by atoms with Crippen LogP contribution in [0.5, 0.6) is 11.5 Å². The van der Waals surface area contributed by atoms with Gasteiger partial charge in [0.05, 0.1) is 37.2 Å². The highest BCUT2D eigenvalue weighted by Gasteiger charge is 2.17. The van der Waals surface area contributed by atoms with Crippen molar-refractivity contribution in [2.45, 2.75) is 12.5 Å². The second kappa shape index (κ2) is 13.0. The lowest BCUT2D eigenvalue weighted by molar-refractivity contribution is 0.0159. The molecule has 0 bridgehead atoms. The molecule has 1 unspecified atom stereocenters. The SMILES string of the molecule is Nc1ccccc1NC(=O)c1ccc(OCCNC(=O)c2cc3cccc(OCCC4CNCCO4)c3o2)cc1. The molecule has 4 aromatic rings. The lowest BCUT2D eigenvalue weighted by Crippen LogP contribution is -2.39. The summed E-state index contributed by atoms with van der Waals surface area (Å²) in [5.41, 5.74) is 7.93. The molecule has 10 heteroatoms. The number of nitrogens with one attached hydrogen (secondary N) is 3. The third-order valence-corrected chi connectivity index (χ3v) is 6.42. The first kappa shape index (κ1) is 27.0. The fourth-order valence-corrected chi connectivity index (χ4v) is 4.30. The minimum atomic E-state index is -0.348. The molecule has 40 heavy (non-hydrogen) atoms. The van der Waals surface area contributed by atoms with Crippen molar-refractivity contribution in [3.63, 3.8) is 0 Å². The van der Waals surface area contributed by atoms with Crippen LogP contribution in [0.15, 0.2) is 77.2 Å². The molecule has 1 aliphatic rings. The maximum Gasteiger partial charge on any atom is 0.287 e. The highest BCUT2D eigenvalue weighted by Crippen LogP contribution is 2.29. The lowest BCUT2D eigenvalue weighted by atomic mass is 10.2. The number of hydrogen-bond donors (Lipinski definition) is 4. The van der Waals surface area contributed by atoms with Crippen molar-refractivity contribution in [1.29, 1.82) is 0 Å². The summed E-state index contributed by atoms with van der Waals surface area (Å²) in [6.07, 6.45) is 0.890. The average Bonchev–Trinajstić information content (AvgIpc) is 3.43. The van der Waals surface area contributed by atoms with E-state index in [-0.39, 0.29) is 36.8 Å². The molecule has 208 valence electrons. The Labute approximate surface area is 231 Å². The lowest BCUT2D eigenvalue weighted by Gasteiger charge is -2.23. The Balaban J connectivity index is 1.07. The first-order valence-electron chi connectivity index (χ1n) is 13.2. The Kier molecular flexibility index (Phi) is 8.79. The summed E-state index contributed by atoms with van der Waals surface area (Å²) in [6.45, 7) is 3.39. The highest BCUT2D eigenvalue weighted by atomic mass is 16.5. The Hall–Kier alpha value is -4.54. The number of rotatable bonds is 11. The zero-order valence-corrected chi connectivity index (χ0v) is 22.0. The molecule has 10 nitrogen and oxygen atoms in total. The van der Waals surface area contributed by atoms with Crippen molar-refractivity contribution in [2.24, 2.45) is 0 Å². The molecule has 0 saturated carbocycles. The first-order valence-corrected chi connectivity index (χ1v) is 13.2. The summed E-state index contributed by atoms with van der Waals surface area (Å²) in [4.78, 5) is 25.1. The number of para-hydroxylation sites is 3. The summed E-state index contributed by atoms with van der Waals surface area (Å²) in [6, 6.07) is 21.0. The second-order valence-corrected chi connectivity index (χ2v) is 9.29. The van der Waals surface area contributed by atoms with Gasteiger partial charge in [0.25, 0.3) is 11.8 Å². The van der Waals surface area contributed by atoms with E-state index in [1.165, 1.54) is 0 Å². The summed E-state index contributed by atoms with van der Waals surface area (Å²) >= 11 is 0. The maximum absolute atomic E-state index is 12.7. The van der Waals surface area contributed by atoms with Gasteiger partial charge in [-0.1, -0.05) is 24.3 Å². The highest BCUT2D eigenvalue weighted by molar-refractivity contribution is 6.05. The van der Waals surface area contributed by atoms with Gasteiger partial charge in [-0.2, -0.15) is 0 Å². The van der Waals surface area contributed by atoms with Crippen LogP contribution in [0.1, 0.15) is 27.3 Å². The van der Waals surface area contributed by atoms with Gasteiger partial charge in [-0.15, -0.1) is 0 Å². The molecule has 2 heterocycles. The molecular weight excluding hydrogens is 512 g/mol. The van der Waals surface area contributed by atoms with Crippen molar-refractivity contribution in [1.82, 2.24) is 10.6 Å². The molecule has 1 aromatic heterocycles. The van der Waals surface area contributed by atoms with Gasteiger partial charge >= 0.3 is 0 Å². The molecule has 5 N–H and O–H groups in total. The van der Waals surface area contributed by atoms with Gasteiger partial charge in [-0.25, -0.2) is 0 Å². The van der Waals surface area contributed by atoms with Crippen LogP contribution in [0.3, 0.4) is 0 Å². The number of hydrogen-bond acceptors (Lipinski definition) is 8. The van der Waals surface area contributed by atoms with Gasteiger partial charge in [-0.3, -0.25) is 9.59 Å². The fraction of sp³-hybridized carbons (Fsp3) is 0.267. The smallest absolute Gasteiger partial charge is 0.287 e. The van der Waals surface area contributed by atoms with Gasteiger partial charge in [0.1, 0.15) is 12.4 Å². The van der Waals surface area contributed by atoms with Crippen molar-refractivity contribution < 1.29 is 28.2 Å². The molecule has 2 amide bonds. The predicted octanol–water partition coefficient (Wildman–Crippen LogP) is 3.83. The zero-order valence-electron chi connectivity index (χ0n) is 22.0. The van der Waals surface area contributed by atoms with Crippen LogP contribution >= 0.6 is 0 Å². The summed E-state index contributed by atoms with van der Waals surface area (Å²) in [7, 11) is 0. The molecule has 0 aliphatic carbocycles. The Morgan fingerprint density at radius 1 is 0.975 bits per heavy atom. The molecule has 1 saturated heterocycles. The van der Waals surface area contributed by atoms with E-state index in [1.807, 2.05) is 18.2 Å². The number of fused-ring (bicyclic) bond motifs is 1. The Bertz CT molecular complexity index is 1450. The number of carbonyl (C=O) groups excluding carboxylic acids is 2. The van der Waals surface area contributed by atoms with Crippen LogP contribution in [-0.4, -0.2) is 57.4 Å². The summed E-state index contributed by atoms with van der Waals surface area (Å²) < 4.78 is 23.2. The maximum atomic E-state index is 12.7. The minimum Gasteiger partial charge on any atom is -0.492 e. The van der Waals surface area contributed by atoms with E-state index in [4.69, 9.17) is 24.4 Å². The van der Waals surface area contributed by atoms with E-state index in [2.05, 4.69) is 16.0 Å². The number of ether oxygens (including phenoxy) is 3. The molecule has 5 rings (SSSR count). The number of carbonyl (C=O) groups is 2. The van der Waals surface area contributed by atoms with E-state index in [9.17, 15) is 9.59 Å². The van der Waals surface area contributed by atoms with Crippen molar-refractivity contribution in [2.75, 3.05) is 50.5 Å². The normalized spacial score (nSPS) is 14.9. The van der Waals surface area contributed by atoms with Crippen LogP contribution in [-0.2, 0) is 4.74 Å². The van der Waals surface area contributed by atoms with E-state index in [1.54, 1.807) is 54.6 Å². The number of benzene rings is 3. The van der Waals surface area contributed by atoms with Crippen molar-refractivity contribution >= 4 is 34.2 Å². The standard InChI is InChI=1S/C30H32N4O6/c31-24-5-1-2-6-25(24)34-29(35)20-8-10-22(11-9-20)37-17-14-33-30(36)27-18-21-4-3-7-26(28(21)40-27)39-15-12-23-19-32-13-16-38-23/h1-11,18,23,32H,12-17,19,31H2,(H,33,36)(H,34,35). The molecule has 1 aliphatic heterocycles. The quantitative estimate of drug-likeness (QED) is 0.165. The number of nitrogens with two attached hydrogens (primary N) is 1. The van der Waals surface area contributed by atoms with Crippen LogP contribution < -0.4 is 31.2 Å². The van der Waals surface area contributed by atoms with Crippen LogP contribution in [0.2, 0.25) is 0 Å².